The third-order valence-electron chi connectivity index (χ3n) is 3.40. The monoisotopic (exact) mass is 283 g/mol. The average Bonchev–Trinajstić information content (AvgIpc) is 2.66. The second-order valence-corrected chi connectivity index (χ2v) is 6.49. The van der Waals surface area contributed by atoms with Crippen LogP contribution in [-0.2, 0) is 27.1 Å². The first-order chi connectivity index (χ1) is 8.94. The normalized spacial score (nSPS) is 19.6. The van der Waals surface area contributed by atoms with Gasteiger partial charge in [-0.15, -0.1) is 0 Å². The highest BCUT2D eigenvalue weighted by atomic mass is 32.2. The molecule has 2 aromatic heterocycles. The molecule has 6 heteroatoms. The predicted molar refractivity (Wildman–Crippen MR) is 69.1 cm³/mol. The number of halogens is 1. The zero-order valence-corrected chi connectivity index (χ0v) is 11.3. The van der Waals surface area contributed by atoms with Gasteiger partial charge < -0.3 is 0 Å². The summed E-state index contributed by atoms with van der Waals surface area (Å²) in [6.45, 7) is 0. The molecule has 0 amide bonds. The Bertz CT molecular complexity index is 736. The van der Waals surface area contributed by atoms with Crippen molar-refractivity contribution in [3.05, 3.63) is 41.5 Å². The second-order valence-electron chi connectivity index (χ2n) is 4.89. The number of pyridine rings is 1. The zero-order valence-electron chi connectivity index (χ0n) is 10.5. The third kappa shape index (κ3) is 2.37. The Morgan fingerprint density at radius 2 is 2.21 bits per heavy atom. The molecule has 102 valence electrons. The van der Waals surface area contributed by atoms with E-state index in [0.29, 0.717) is 19.3 Å². The number of fused-ring (bicyclic) bond motifs is 3. The topological polar surface area (TPSA) is 47.8 Å². The van der Waals surface area contributed by atoms with Crippen LogP contribution in [0.15, 0.2) is 24.3 Å². The van der Waals surface area contributed by atoms with Crippen molar-refractivity contribution in [2.75, 3.05) is 6.26 Å². The maximum atomic E-state index is 13.9. The minimum atomic E-state index is -3.48. The van der Waals surface area contributed by atoms with Crippen molar-refractivity contribution in [2.45, 2.75) is 25.4 Å². The van der Waals surface area contributed by atoms with Crippen LogP contribution in [0.4, 0.5) is 4.39 Å². The molecule has 1 unspecified atom stereocenters. The van der Waals surface area contributed by atoms with Crippen molar-refractivity contribution in [1.29, 1.82) is 0 Å². The molecule has 1 atom stereocenters. The molecule has 0 spiro atoms. The van der Waals surface area contributed by atoms with E-state index in [1.165, 1.54) is 10.5 Å². The largest absolute Gasteiger partial charge is 0.290 e. The van der Waals surface area contributed by atoms with Crippen LogP contribution in [0.2, 0.25) is 0 Å². The smallest absolute Gasteiger partial charge is 0.264 e. The number of hydrogen-bond acceptors (Lipinski definition) is 3. The minimum Gasteiger partial charge on any atom is -0.290 e. The maximum Gasteiger partial charge on any atom is 0.264 e. The van der Waals surface area contributed by atoms with Crippen LogP contribution in [0.5, 0.6) is 0 Å². The lowest BCUT2D eigenvalue weighted by Gasteiger charge is -2.22. The second kappa shape index (κ2) is 4.31. The standard InChI is InChI=1S/C13H14FNO3S/c1-19(16,17)18-11-6-5-9-7-10-3-2-4-13(14)15(10)12(9)8-11/h2-4,7,11H,5-6,8H2,1H3. The van der Waals surface area contributed by atoms with Gasteiger partial charge >= 0.3 is 0 Å². The SMILES string of the molecule is CS(=O)(=O)OC1CCc2cc3cccc(F)n3c2C1. The average molecular weight is 283 g/mol. The molecule has 2 heterocycles. The van der Waals surface area contributed by atoms with E-state index in [1.807, 2.05) is 12.1 Å². The Balaban J connectivity index is 2.02. The van der Waals surface area contributed by atoms with E-state index in [9.17, 15) is 12.8 Å². The van der Waals surface area contributed by atoms with Crippen LogP contribution in [0, 0.1) is 5.95 Å². The van der Waals surface area contributed by atoms with E-state index < -0.39 is 16.2 Å². The zero-order chi connectivity index (χ0) is 13.6. The van der Waals surface area contributed by atoms with Crippen molar-refractivity contribution in [2.24, 2.45) is 0 Å². The molecule has 1 aliphatic carbocycles. The van der Waals surface area contributed by atoms with Gasteiger partial charge in [-0.05, 0) is 36.6 Å². The number of aryl methyl sites for hydroxylation is 1. The van der Waals surface area contributed by atoms with E-state index in [0.717, 1.165) is 23.0 Å². The molecule has 0 bridgehead atoms. The summed E-state index contributed by atoms with van der Waals surface area (Å²) in [4.78, 5) is 0. The lowest BCUT2D eigenvalue weighted by Crippen LogP contribution is -2.25. The molecule has 19 heavy (non-hydrogen) atoms. The summed E-state index contributed by atoms with van der Waals surface area (Å²) in [6, 6.07) is 6.86. The van der Waals surface area contributed by atoms with Crippen molar-refractivity contribution in [1.82, 2.24) is 4.40 Å². The van der Waals surface area contributed by atoms with Crippen LogP contribution in [0.25, 0.3) is 5.52 Å². The van der Waals surface area contributed by atoms with Crippen LogP contribution in [0.3, 0.4) is 0 Å². The van der Waals surface area contributed by atoms with Crippen molar-refractivity contribution < 1.29 is 17.0 Å². The molecular weight excluding hydrogens is 269 g/mol. The van der Waals surface area contributed by atoms with Crippen LogP contribution in [-0.4, -0.2) is 25.2 Å². The number of aromatic nitrogens is 1. The molecule has 2 aromatic rings. The Hall–Kier alpha value is -1.40. The van der Waals surface area contributed by atoms with E-state index in [1.54, 1.807) is 6.07 Å². The summed E-state index contributed by atoms with van der Waals surface area (Å²) in [5.74, 6) is -0.334. The fraction of sp³-hybridized carbons (Fsp3) is 0.385. The van der Waals surface area contributed by atoms with Crippen LogP contribution in [0.1, 0.15) is 17.7 Å². The van der Waals surface area contributed by atoms with Gasteiger partial charge in [-0.3, -0.25) is 8.58 Å². The Labute approximate surface area is 110 Å². The summed E-state index contributed by atoms with van der Waals surface area (Å²) in [6.07, 6.45) is 2.40. The van der Waals surface area contributed by atoms with Crippen molar-refractivity contribution >= 4 is 15.6 Å². The fourth-order valence-corrected chi connectivity index (χ4v) is 3.36. The Kier molecular flexibility index (Phi) is 2.87. The minimum absolute atomic E-state index is 0.334. The molecule has 0 radical (unpaired) electrons. The molecule has 0 aliphatic heterocycles. The molecule has 3 rings (SSSR count). The molecule has 0 aromatic carbocycles. The summed E-state index contributed by atoms with van der Waals surface area (Å²) in [5.41, 5.74) is 2.68. The van der Waals surface area contributed by atoms with Gasteiger partial charge in [0.15, 0.2) is 5.95 Å². The Morgan fingerprint density at radius 3 is 2.95 bits per heavy atom. The molecule has 0 N–H and O–H groups in total. The van der Waals surface area contributed by atoms with Crippen LogP contribution >= 0.6 is 0 Å². The van der Waals surface area contributed by atoms with Gasteiger partial charge in [0.25, 0.3) is 10.1 Å². The molecule has 0 fully saturated rings. The van der Waals surface area contributed by atoms with E-state index in [4.69, 9.17) is 4.18 Å². The highest BCUT2D eigenvalue weighted by molar-refractivity contribution is 7.86. The lowest BCUT2D eigenvalue weighted by molar-refractivity contribution is 0.192. The Morgan fingerprint density at radius 1 is 1.42 bits per heavy atom. The van der Waals surface area contributed by atoms with Gasteiger partial charge in [0.1, 0.15) is 0 Å². The van der Waals surface area contributed by atoms with Gasteiger partial charge in [0, 0.05) is 17.6 Å². The first kappa shape index (κ1) is 12.6. The fourth-order valence-electron chi connectivity index (χ4n) is 2.70. The molecule has 1 aliphatic rings. The lowest BCUT2D eigenvalue weighted by atomic mass is 9.96. The summed E-state index contributed by atoms with van der Waals surface area (Å²) >= 11 is 0. The highest BCUT2D eigenvalue weighted by Crippen LogP contribution is 2.28. The number of nitrogens with zero attached hydrogens (tertiary/aromatic N) is 1. The number of rotatable bonds is 2. The molecule has 0 saturated heterocycles. The van der Waals surface area contributed by atoms with Gasteiger partial charge in [0.2, 0.25) is 0 Å². The molecule has 4 nitrogen and oxygen atoms in total. The van der Waals surface area contributed by atoms with Crippen molar-refractivity contribution in [3.63, 3.8) is 0 Å². The van der Waals surface area contributed by atoms with Gasteiger partial charge in [0.05, 0.1) is 12.4 Å². The quantitative estimate of drug-likeness (QED) is 0.625. The van der Waals surface area contributed by atoms with Gasteiger partial charge in [-0.1, -0.05) is 6.07 Å². The van der Waals surface area contributed by atoms with E-state index in [2.05, 4.69) is 0 Å². The van der Waals surface area contributed by atoms with E-state index in [-0.39, 0.29) is 5.95 Å². The predicted octanol–water partition coefficient (Wildman–Crippen LogP) is 1.91. The summed E-state index contributed by atoms with van der Waals surface area (Å²) in [5, 5.41) is 0. The summed E-state index contributed by atoms with van der Waals surface area (Å²) < 4.78 is 42.8. The maximum absolute atomic E-state index is 13.9. The summed E-state index contributed by atoms with van der Waals surface area (Å²) in [7, 11) is -3.48. The van der Waals surface area contributed by atoms with E-state index >= 15 is 0 Å². The first-order valence-corrected chi connectivity index (χ1v) is 7.92. The number of hydrogen-bond donors (Lipinski definition) is 0. The first-order valence-electron chi connectivity index (χ1n) is 6.10. The van der Waals surface area contributed by atoms with Crippen molar-refractivity contribution in [3.8, 4) is 0 Å². The van der Waals surface area contributed by atoms with Gasteiger partial charge in [-0.25, -0.2) is 0 Å². The molecule has 0 saturated carbocycles. The third-order valence-corrected chi connectivity index (χ3v) is 4.02. The van der Waals surface area contributed by atoms with Crippen LogP contribution < -0.4 is 0 Å². The highest BCUT2D eigenvalue weighted by Gasteiger charge is 2.26. The van der Waals surface area contributed by atoms with Gasteiger partial charge in [-0.2, -0.15) is 12.8 Å². The molecular formula is C13H14FNO3S.